The minimum absolute atomic E-state index is 0.100. The summed E-state index contributed by atoms with van der Waals surface area (Å²) in [5, 5.41) is 3.47. The van der Waals surface area contributed by atoms with E-state index in [1.165, 1.54) is 69.3 Å². The standard InChI is InChI=1S/C22H28FN3O2/c23-19-12-17(14-25-13-16-6-4-2-1-3-5-7-16)8-10-20(19)28-21-11-9-18(15-26-21)22(24)27/h8-12,15-16,25H,1-7,13-14H2,(H2,24,27). The van der Waals surface area contributed by atoms with Crippen LogP contribution in [-0.2, 0) is 6.54 Å². The number of nitrogens with two attached hydrogens (primary N) is 1. The summed E-state index contributed by atoms with van der Waals surface area (Å²) in [4.78, 5) is 15.0. The average Bonchev–Trinajstić information content (AvgIpc) is 2.66. The number of amides is 1. The molecule has 1 heterocycles. The number of carbonyl (C=O) groups excluding carboxylic acids is 1. The highest BCUT2D eigenvalue weighted by Gasteiger charge is 2.12. The highest BCUT2D eigenvalue weighted by molar-refractivity contribution is 5.92. The molecule has 0 saturated heterocycles. The fourth-order valence-electron chi connectivity index (χ4n) is 3.60. The second-order valence-corrected chi connectivity index (χ2v) is 7.46. The summed E-state index contributed by atoms with van der Waals surface area (Å²) in [6.45, 7) is 1.62. The van der Waals surface area contributed by atoms with Crippen LogP contribution < -0.4 is 15.8 Å². The molecule has 0 spiro atoms. The van der Waals surface area contributed by atoms with Crippen LogP contribution in [0.15, 0.2) is 36.5 Å². The van der Waals surface area contributed by atoms with Gasteiger partial charge < -0.3 is 15.8 Å². The van der Waals surface area contributed by atoms with Gasteiger partial charge in [0.15, 0.2) is 11.6 Å². The molecule has 0 radical (unpaired) electrons. The predicted octanol–water partition coefficient (Wildman–Crippen LogP) is 4.56. The minimum atomic E-state index is -0.568. The van der Waals surface area contributed by atoms with Crippen molar-refractivity contribution < 1.29 is 13.9 Å². The molecule has 3 N–H and O–H groups in total. The summed E-state index contributed by atoms with van der Waals surface area (Å²) < 4.78 is 19.8. The molecule has 2 aromatic rings. The molecular weight excluding hydrogens is 357 g/mol. The number of hydrogen-bond donors (Lipinski definition) is 2. The molecule has 1 amide bonds. The van der Waals surface area contributed by atoms with Gasteiger partial charge in [-0.3, -0.25) is 4.79 Å². The van der Waals surface area contributed by atoms with Gasteiger partial charge in [-0.1, -0.05) is 38.2 Å². The molecule has 1 fully saturated rings. The Hall–Kier alpha value is -2.47. The van der Waals surface area contributed by atoms with Gasteiger partial charge in [0.25, 0.3) is 0 Å². The number of nitrogens with zero attached hydrogens (tertiary/aromatic N) is 1. The van der Waals surface area contributed by atoms with Gasteiger partial charge in [0.1, 0.15) is 0 Å². The lowest BCUT2D eigenvalue weighted by molar-refractivity contribution is 0.1000. The lowest BCUT2D eigenvalue weighted by atomic mass is 9.91. The molecule has 6 heteroatoms. The van der Waals surface area contributed by atoms with Crippen LogP contribution >= 0.6 is 0 Å². The minimum Gasteiger partial charge on any atom is -0.436 e. The Morgan fingerprint density at radius 1 is 1.14 bits per heavy atom. The molecule has 0 unspecified atom stereocenters. The second kappa shape index (κ2) is 10.2. The molecule has 1 aromatic carbocycles. The van der Waals surface area contributed by atoms with E-state index in [4.69, 9.17) is 10.5 Å². The van der Waals surface area contributed by atoms with Crippen molar-refractivity contribution in [2.75, 3.05) is 6.54 Å². The van der Waals surface area contributed by atoms with Crippen LogP contribution in [0.1, 0.15) is 60.9 Å². The number of carbonyl (C=O) groups is 1. The van der Waals surface area contributed by atoms with Gasteiger partial charge in [0.05, 0.1) is 5.56 Å². The maximum absolute atomic E-state index is 14.4. The largest absolute Gasteiger partial charge is 0.436 e. The van der Waals surface area contributed by atoms with Crippen molar-refractivity contribution in [2.24, 2.45) is 11.7 Å². The van der Waals surface area contributed by atoms with Crippen LogP contribution in [0.25, 0.3) is 0 Å². The number of nitrogens with one attached hydrogen (secondary N) is 1. The summed E-state index contributed by atoms with van der Waals surface area (Å²) in [5.74, 6) is 0.0249. The number of rotatable bonds is 7. The van der Waals surface area contributed by atoms with E-state index in [-0.39, 0.29) is 17.2 Å². The van der Waals surface area contributed by atoms with Crippen LogP contribution in [0.5, 0.6) is 11.6 Å². The zero-order valence-electron chi connectivity index (χ0n) is 16.1. The molecule has 0 atom stereocenters. The van der Waals surface area contributed by atoms with E-state index >= 15 is 0 Å². The van der Waals surface area contributed by atoms with Crippen LogP contribution in [0.4, 0.5) is 4.39 Å². The Morgan fingerprint density at radius 3 is 2.54 bits per heavy atom. The topological polar surface area (TPSA) is 77.2 Å². The number of benzene rings is 1. The van der Waals surface area contributed by atoms with E-state index in [1.807, 2.05) is 6.07 Å². The van der Waals surface area contributed by atoms with Crippen molar-refractivity contribution in [1.29, 1.82) is 0 Å². The number of ether oxygens (including phenoxy) is 1. The zero-order chi connectivity index (χ0) is 19.8. The van der Waals surface area contributed by atoms with Crippen LogP contribution in [0, 0.1) is 11.7 Å². The van der Waals surface area contributed by atoms with Crippen molar-refractivity contribution in [3.8, 4) is 11.6 Å². The first-order valence-electron chi connectivity index (χ1n) is 10.0. The molecule has 5 nitrogen and oxygen atoms in total. The summed E-state index contributed by atoms with van der Waals surface area (Å²) in [6.07, 6.45) is 10.6. The summed E-state index contributed by atoms with van der Waals surface area (Å²) >= 11 is 0. The molecule has 1 aromatic heterocycles. The van der Waals surface area contributed by atoms with Gasteiger partial charge >= 0.3 is 0 Å². The zero-order valence-corrected chi connectivity index (χ0v) is 16.1. The van der Waals surface area contributed by atoms with Crippen molar-refractivity contribution in [1.82, 2.24) is 10.3 Å². The number of pyridine rings is 1. The summed E-state index contributed by atoms with van der Waals surface area (Å²) in [5.41, 5.74) is 6.33. The lowest BCUT2D eigenvalue weighted by Crippen LogP contribution is -2.23. The third-order valence-corrected chi connectivity index (χ3v) is 5.22. The third-order valence-electron chi connectivity index (χ3n) is 5.22. The molecular formula is C22H28FN3O2. The lowest BCUT2D eigenvalue weighted by Gasteiger charge is -2.20. The number of hydrogen-bond acceptors (Lipinski definition) is 4. The quantitative estimate of drug-likeness (QED) is 0.732. The highest BCUT2D eigenvalue weighted by Crippen LogP contribution is 2.24. The monoisotopic (exact) mass is 385 g/mol. The number of halogens is 1. The Bertz CT molecular complexity index is 772. The van der Waals surface area contributed by atoms with E-state index in [2.05, 4.69) is 10.3 Å². The van der Waals surface area contributed by atoms with Crippen LogP contribution in [-0.4, -0.2) is 17.4 Å². The second-order valence-electron chi connectivity index (χ2n) is 7.46. The van der Waals surface area contributed by atoms with Gasteiger partial charge in [-0.15, -0.1) is 0 Å². The van der Waals surface area contributed by atoms with E-state index in [1.54, 1.807) is 6.07 Å². The van der Waals surface area contributed by atoms with Crippen molar-refractivity contribution in [3.05, 3.63) is 53.5 Å². The molecule has 1 aliphatic rings. The summed E-state index contributed by atoms with van der Waals surface area (Å²) in [7, 11) is 0. The Morgan fingerprint density at radius 2 is 1.89 bits per heavy atom. The maximum atomic E-state index is 14.4. The maximum Gasteiger partial charge on any atom is 0.250 e. The molecule has 1 saturated carbocycles. The highest BCUT2D eigenvalue weighted by atomic mass is 19.1. The molecule has 0 bridgehead atoms. The fraction of sp³-hybridized carbons (Fsp3) is 0.455. The third kappa shape index (κ3) is 6.02. The first-order chi connectivity index (χ1) is 13.6. The first-order valence-corrected chi connectivity index (χ1v) is 10.0. The fourth-order valence-corrected chi connectivity index (χ4v) is 3.60. The smallest absolute Gasteiger partial charge is 0.250 e. The van der Waals surface area contributed by atoms with Gasteiger partial charge in [-0.05, 0) is 49.1 Å². The molecule has 0 aliphatic heterocycles. The van der Waals surface area contributed by atoms with Gasteiger partial charge in [-0.25, -0.2) is 9.37 Å². The Balaban J connectivity index is 1.51. The van der Waals surface area contributed by atoms with E-state index in [9.17, 15) is 9.18 Å². The van der Waals surface area contributed by atoms with Gasteiger partial charge in [-0.2, -0.15) is 0 Å². The van der Waals surface area contributed by atoms with Crippen molar-refractivity contribution in [3.63, 3.8) is 0 Å². The number of aromatic nitrogens is 1. The van der Waals surface area contributed by atoms with Crippen molar-refractivity contribution in [2.45, 2.75) is 51.5 Å². The number of primary amides is 1. The normalized spacial score (nSPS) is 15.6. The van der Waals surface area contributed by atoms with Gasteiger partial charge in [0, 0.05) is 18.8 Å². The van der Waals surface area contributed by atoms with Crippen LogP contribution in [0.2, 0.25) is 0 Å². The van der Waals surface area contributed by atoms with E-state index < -0.39 is 11.7 Å². The Kier molecular flexibility index (Phi) is 7.37. The van der Waals surface area contributed by atoms with Crippen molar-refractivity contribution >= 4 is 5.91 Å². The summed E-state index contributed by atoms with van der Waals surface area (Å²) in [6, 6.07) is 7.92. The molecule has 150 valence electrons. The molecule has 3 rings (SSSR count). The van der Waals surface area contributed by atoms with E-state index in [0.717, 1.165) is 18.0 Å². The average molecular weight is 385 g/mol. The van der Waals surface area contributed by atoms with E-state index in [0.29, 0.717) is 6.54 Å². The molecule has 28 heavy (non-hydrogen) atoms. The SMILES string of the molecule is NC(=O)c1ccc(Oc2ccc(CNCC3CCCCCCC3)cc2F)nc1. The van der Waals surface area contributed by atoms with Gasteiger partial charge in [0.2, 0.25) is 11.8 Å². The Labute approximate surface area is 165 Å². The van der Waals surface area contributed by atoms with Crippen LogP contribution in [0.3, 0.4) is 0 Å². The first kappa shape index (κ1) is 20.3. The predicted molar refractivity (Wildman–Crippen MR) is 107 cm³/mol. The molecule has 1 aliphatic carbocycles.